The van der Waals surface area contributed by atoms with E-state index in [1.807, 2.05) is 13.8 Å². The second-order valence-electron chi connectivity index (χ2n) is 4.56. The zero-order chi connectivity index (χ0) is 14.7. The molecule has 4 heteroatoms. The van der Waals surface area contributed by atoms with Crippen molar-refractivity contribution in [2.24, 2.45) is 0 Å². The van der Waals surface area contributed by atoms with E-state index in [1.54, 1.807) is 43.5 Å². The molecule has 0 saturated heterocycles. The van der Waals surface area contributed by atoms with E-state index < -0.39 is 0 Å². The monoisotopic (exact) mass is 271 g/mol. The van der Waals surface area contributed by atoms with Crippen molar-refractivity contribution in [1.29, 1.82) is 0 Å². The summed E-state index contributed by atoms with van der Waals surface area (Å²) < 4.78 is 5.06. The number of anilines is 1. The van der Waals surface area contributed by atoms with Gasteiger partial charge in [-0.3, -0.25) is 4.79 Å². The van der Waals surface area contributed by atoms with Gasteiger partial charge in [0.2, 0.25) is 0 Å². The molecule has 0 aromatic heterocycles. The highest BCUT2D eigenvalue weighted by Crippen LogP contribution is 2.26. The molecule has 0 aliphatic carbocycles. The lowest BCUT2D eigenvalue weighted by Crippen LogP contribution is -2.13. The number of amides is 1. The number of phenolic OH excluding ortho intramolecular Hbond substituents is 1. The average Bonchev–Trinajstić information content (AvgIpc) is 2.48. The van der Waals surface area contributed by atoms with Gasteiger partial charge in [0.25, 0.3) is 5.91 Å². The number of benzene rings is 2. The van der Waals surface area contributed by atoms with Crippen LogP contribution in [0.2, 0.25) is 0 Å². The Kier molecular flexibility index (Phi) is 3.94. The standard InChI is InChI=1S/C16H17NO3/c1-10-11(2)15(18)9-8-14(10)17-16(19)12-4-6-13(20-3)7-5-12/h4-9,18H,1-3H3,(H,17,19). The van der Waals surface area contributed by atoms with Crippen LogP contribution in [-0.2, 0) is 0 Å². The fraction of sp³-hybridized carbons (Fsp3) is 0.188. The molecule has 104 valence electrons. The van der Waals surface area contributed by atoms with E-state index in [0.29, 0.717) is 17.0 Å². The molecular formula is C16H17NO3. The SMILES string of the molecule is COc1ccc(C(=O)Nc2ccc(O)c(C)c2C)cc1. The van der Waals surface area contributed by atoms with Gasteiger partial charge in [-0.1, -0.05) is 0 Å². The summed E-state index contributed by atoms with van der Waals surface area (Å²) in [4.78, 5) is 12.1. The zero-order valence-corrected chi connectivity index (χ0v) is 11.7. The van der Waals surface area contributed by atoms with Crippen LogP contribution in [0.1, 0.15) is 21.5 Å². The second kappa shape index (κ2) is 5.65. The molecule has 0 aliphatic rings. The summed E-state index contributed by atoms with van der Waals surface area (Å²) in [5.41, 5.74) is 2.86. The van der Waals surface area contributed by atoms with E-state index in [-0.39, 0.29) is 11.7 Å². The van der Waals surface area contributed by atoms with Crippen LogP contribution in [0.15, 0.2) is 36.4 Å². The third-order valence-electron chi connectivity index (χ3n) is 3.36. The molecule has 0 spiro atoms. The molecule has 2 rings (SSSR count). The highest BCUT2D eigenvalue weighted by molar-refractivity contribution is 6.04. The molecule has 0 saturated carbocycles. The van der Waals surface area contributed by atoms with Gasteiger partial charge in [0.05, 0.1) is 7.11 Å². The first-order chi connectivity index (χ1) is 9.52. The predicted octanol–water partition coefficient (Wildman–Crippen LogP) is 3.27. The average molecular weight is 271 g/mol. The van der Waals surface area contributed by atoms with Crippen molar-refractivity contribution in [3.8, 4) is 11.5 Å². The maximum absolute atomic E-state index is 12.1. The van der Waals surface area contributed by atoms with Gasteiger partial charge in [0.15, 0.2) is 0 Å². The van der Waals surface area contributed by atoms with Gasteiger partial charge in [-0.2, -0.15) is 0 Å². The summed E-state index contributed by atoms with van der Waals surface area (Å²) in [5, 5.41) is 12.4. The molecule has 0 radical (unpaired) electrons. The number of phenols is 1. The second-order valence-corrected chi connectivity index (χ2v) is 4.56. The molecule has 2 aromatic carbocycles. The lowest BCUT2D eigenvalue weighted by atomic mass is 10.1. The number of rotatable bonds is 3. The largest absolute Gasteiger partial charge is 0.508 e. The molecule has 0 heterocycles. The highest BCUT2D eigenvalue weighted by atomic mass is 16.5. The number of hydrogen-bond donors (Lipinski definition) is 2. The third kappa shape index (κ3) is 2.74. The van der Waals surface area contributed by atoms with Crippen molar-refractivity contribution in [3.63, 3.8) is 0 Å². The van der Waals surface area contributed by atoms with E-state index >= 15 is 0 Å². The first kappa shape index (κ1) is 13.9. The Bertz CT molecular complexity index is 633. The van der Waals surface area contributed by atoms with Gasteiger partial charge in [0.1, 0.15) is 11.5 Å². The quantitative estimate of drug-likeness (QED) is 0.842. The van der Waals surface area contributed by atoms with Gasteiger partial charge in [-0.05, 0) is 61.4 Å². The summed E-state index contributed by atoms with van der Waals surface area (Å²) in [6, 6.07) is 10.2. The Morgan fingerprint density at radius 1 is 1.05 bits per heavy atom. The topological polar surface area (TPSA) is 58.6 Å². The Morgan fingerprint density at radius 3 is 2.30 bits per heavy atom. The molecular weight excluding hydrogens is 254 g/mol. The predicted molar refractivity (Wildman–Crippen MR) is 78.5 cm³/mol. The van der Waals surface area contributed by atoms with Gasteiger partial charge >= 0.3 is 0 Å². The normalized spacial score (nSPS) is 10.2. The molecule has 2 N–H and O–H groups in total. The first-order valence-electron chi connectivity index (χ1n) is 6.27. The minimum Gasteiger partial charge on any atom is -0.508 e. The van der Waals surface area contributed by atoms with Crippen LogP contribution in [0, 0.1) is 13.8 Å². The molecule has 0 aliphatic heterocycles. The Labute approximate surface area is 118 Å². The number of ether oxygens (including phenoxy) is 1. The molecule has 0 atom stereocenters. The number of hydrogen-bond acceptors (Lipinski definition) is 3. The van der Waals surface area contributed by atoms with Crippen LogP contribution in [0.4, 0.5) is 5.69 Å². The Balaban J connectivity index is 2.21. The van der Waals surface area contributed by atoms with E-state index in [4.69, 9.17) is 4.74 Å². The fourth-order valence-corrected chi connectivity index (χ4v) is 1.88. The highest BCUT2D eigenvalue weighted by Gasteiger charge is 2.10. The minimum absolute atomic E-state index is 0.194. The number of nitrogens with one attached hydrogen (secondary N) is 1. The minimum atomic E-state index is -0.194. The first-order valence-corrected chi connectivity index (χ1v) is 6.27. The van der Waals surface area contributed by atoms with Crippen molar-refractivity contribution < 1.29 is 14.6 Å². The fourth-order valence-electron chi connectivity index (χ4n) is 1.88. The van der Waals surface area contributed by atoms with Gasteiger partial charge in [-0.25, -0.2) is 0 Å². The van der Waals surface area contributed by atoms with Crippen molar-refractivity contribution in [3.05, 3.63) is 53.1 Å². The summed E-state index contributed by atoms with van der Waals surface area (Å²) in [7, 11) is 1.58. The van der Waals surface area contributed by atoms with Crippen LogP contribution < -0.4 is 10.1 Å². The van der Waals surface area contributed by atoms with Crippen LogP contribution in [-0.4, -0.2) is 18.1 Å². The van der Waals surface area contributed by atoms with Gasteiger partial charge < -0.3 is 15.2 Å². The van der Waals surface area contributed by atoms with Gasteiger partial charge in [-0.15, -0.1) is 0 Å². The van der Waals surface area contributed by atoms with Crippen LogP contribution in [0.3, 0.4) is 0 Å². The van der Waals surface area contributed by atoms with E-state index in [1.165, 1.54) is 0 Å². The van der Waals surface area contributed by atoms with Crippen molar-refractivity contribution in [1.82, 2.24) is 0 Å². The maximum Gasteiger partial charge on any atom is 0.255 e. The molecule has 20 heavy (non-hydrogen) atoms. The van der Waals surface area contributed by atoms with E-state index in [2.05, 4.69) is 5.32 Å². The maximum atomic E-state index is 12.1. The lowest BCUT2D eigenvalue weighted by Gasteiger charge is -2.12. The third-order valence-corrected chi connectivity index (χ3v) is 3.36. The van der Waals surface area contributed by atoms with Crippen molar-refractivity contribution in [2.45, 2.75) is 13.8 Å². The summed E-state index contributed by atoms with van der Waals surface area (Å²) in [6.07, 6.45) is 0. The summed E-state index contributed by atoms with van der Waals surface area (Å²) >= 11 is 0. The molecule has 0 unspecified atom stereocenters. The van der Waals surface area contributed by atoms with Crippen molar-refractivity contribution in [2.75, 3.05) is 12.4 Å². The Morgan fingerprint density at radius 2 is 1.70 bits per heavy atom. The number of aromatic hydroxyl groups is 1. The van der Waals surface area contributed by atoms with Crippen LogP contribution in [0.25, 0.3) is 0 Å². The van der Waals surface area contributed by atoms with Gasteiger partial charge in [0, 0.05) is 11.3 Å². The summed E-state index contributed by atoms with van der Waals surface area (Å²) in [5.74, 6) is 0.740. The number of carbonyl (C=O) groups is 1. The molecule has 1 amide bonds. The molecule has 4 nitrogen and oxygen atoms in total. The summed E-state index contributed by atoms with van der Waals surface area (Å²) in [6.45, 7) is 3.67. The number of carbonyl (C=O) groups excluding carboxylic acids is 1. The molecule has 2 aromatic rings. The smallest absolute Gasteiger partial charge is 0.255 e. The van der Waals surface area contributed by atoms with E-state index in [9.17, 15) is 9.90 Å². The molecule has 0 bridgehead atoms. The van der Waals surface area contributed by atoms with Crippen molar-refractivity contribution >= 4 is 11.6 Å². The molecule has 0 fully saturated rings. The zero-order valence-electron chi connectivity index (χ0n) is 11.7. The van der Waals surface area contributed by atoms with E-state index in [0.717, 1.165) is 11.1 Å². The van der Waals surface area contributed by atoms with Crippen LogP contribution in [0.5, 0.6) is 11.5 Å². The lowest BCUT2D eigenvalue weighted by molar-refractivity contribution is 0.102. The number of methoxy groups -OCH3 is 1. The Hall–Kier alpha value is -2.49. The van der Waals surface area contributed by atoms with Crippen LogP contribution >= 0.6 is 0 Å².